The van der Waals surface area contributed by atoms with Crippen molar-refractivity contribution in [3.8, 4) is 16.9 Å². The van der Waals surface area contributed by atoms with Crippen molar-refractivity contribution in [3.63, 3.8) is 0 Å². The highest BCUT2D eigenvalue weighted by Gasteiger charge is 2.02. The number of benzene rings is 2. The van der Waals surface area contributed by atoms with Gasteiger partial charge >= 0.3 is 0 Å². The van der Waals surface area contributed by atoms with Gasteiger partial charge in [0, 0.05) is 10.9 Å². The molecular weight excluding hydrogens is 200 g/mol. The van der Waals surface area contributed by atoms with Gasteiger partial charge in [-0.3, -0.25) is 0 Å². The lowest BCUT2D eigenvalue weighted by Crippen LogP contribution is -1.77. The van der Waals surface area contributed by atoms with Crippen LogP contribution in [0.25, 0.3) is 21.9 Å². The van der Waals surface area contributed by atoms with Gasteiger partial charge in [-0.05, 0) is 29.1 Å². The number of hydrogen-bond donors (Lipinski definition) is 1. The van der Waals surface area contributed by atoms with Crippen LogP contribution in [0.1, 0.15) is 0 Å². The standard InChI is InChI=1S/C14H10O2/c15-14-3-1-2-11-8-10(4-5-13(11)14)12-6-7-16-9-12/h1-9,15H. The average molecular weight is 210 g/mol. The highest BCUT2D eigenvalue weighted by molar-refractivity contribution is 5.91. The Morgan fingerprint density at radius 1 is 0.938 bits per heavy atom. The zero-order valence-electron chi connectivity index (χ0n) is 8.55. The first-order chi connectivity index (χ1) is 7.84. The topological polar surface area (TPSA) is 33.4 Å². The summed E-state index contributed by atoms with van der Waals surface area (Å²) in [5.41, 5.74) is 2.14. The smallest absolute Gasteiger partial charge is 0.123 e. The van der Waals surface area contributed by atoms with Crippen molar-refractivity contribution >= 4 is 10.8 Å². The molecule has 2 nitrogen and oxygen atoms in total. The number of fused-ring (bicyclic) bond motifs is 1. The van der Waals surface area contributed by atoms with Crippen LogP contribution in [0.15, 0.2) is 59.4 Å². The molecule has 3 aromatic rings. The summed E-state index contributed by atoms with van der Waals surface area (Å²) in [4.78, 5) is 0. The number of phenolic OH excluding ortho intramolecular Hbond substituents is 1. The van der Waals surface area contributed by atoms with E-state index in [2.05, 4.69) is 0 Å². The molecule has 16 heavy (non-hydrogen) atoms. The lowest BCUT2D eigenvalue weighted by atomic mass is 10.0. The predicted octanol–water partition coefficient (Wildman–Crippen LogP) is 3.81. The molecule has 0 aliphatic carbocycles. The Hall–Kier alpha value is -2.22. The fraction of sp³-hybridized carbons (Fsp3) is 0. The maximum absolute atomic E-state index is 9.67. The molecular formula is C14H10O2. The van der Waals surface area contributed by atoms with Crippen molar-refractivity contribution in [1.82, 2.24) is 0 Å². The van der Waals surface area contributed by atoms with Crippen molar-refractivity contribution in [1.29, 1.82) is 0 Å². The summed E-state index contributed by atoms with van der Waals surface area (Å²) < 4.78 is 5.06. The van der Waals surface area contributed by atoms with E-state index in [9.17, 15) is 5.11 Å². The van der Waals surface area contributed by atoms with Gasteiger partial charge in [0.2, 0.25) is 0 Å². The highest BCUT2D eigenvalue weighted by atomic mass is 16.3. The van der Waals surface area contributed by atoms with E-state index in [0.717, 1.165) is 21.9 Å². The van der Waals surface area contributed by atoms with Crippen LogP contribution in [0.4, 0.5) is 0 Å². The van der Waals surface area contributed by atoms with E-state index < -0.39 is 0 Å². The summed E-state index contributed by atoms with van der Waals surface area (Å²) in [6.45, 7) is 0. The van der Waals surface area contributed by atoms with E-state index in [1.807, 2.05) is 36.4 Å². The van der Waals surface area contributed by atoms with Gasteiger partial charge < -0.3 is 9.52 Å². The molecule has 0 unspecified atom stereocenters. The van der Waals surface area contributed by atoms with Gasteiger partial charge in [0.05, 0.1) is 12.5 Å². The first kappa shape index (κ1) is 9.04. The molecule has 2 aromatic carbocycles. The molecule has 0 fully saturated rings. The van der Waals surface area contributed by atoms with Crippen LogP contribution >= 0.6 is 0 Å². The maximum atomic E-state index is 9.67. The monoisotopic (exact) mass is 210 g/mol. The van der Waals surface area contributed by atoms with E-state index in [1.165, 1.54) is 0 Å². The van der Waals surface area contributed by atoms with Crippen LogP contribution in [0.3, 0.4) is 0 Å². The Balaban J connectivity index is 2.24. The normalized spacial score (nSPS) is 10.8. The molecule has 78 valence electrons. The Bertz CT molecular complexity index is 624. The maximum Gasteiger partial charge on any atom is 0.123 e. The number of hydrogen-bond acceptors (Lipinski definition) is 2. The first-order valence-corrected chi connectivity index (χ1v) is 5.09. The Kier molecular flexibility index (Phi) is 1.93. The van der Waals surface area contributed by atoms with E-state index in [-0.39, 0.29) is 0 Å². The second-order valence-corrected chi connectivity index (χ2v) is 3.73. The molecule has 0 aliphatic heterocycles. The van der Waals surface area contributed by atoms with Crippen molar-refractivity contribution in [2.45, 2.75) is 0 Å². The van der Waals surface area contributed by atoms with Crippen LogP contribution in [-0.4, -0.2) is 5.11 Å². The molecule has 0 aliphatic rings. The molecule has 0 amide bonds. The SMILES string of the molecule is Oc1cccc2cc(-c3ccoc3)ccc12. The zero-order chi connectivity index (χ0) is 11.0. The van der Waals surface area contributed by atoms with Gasteiger partial charge in [-0.25, -0.2) is 0 Å². The van der Waals surface area contributed by atoms with Crippen LogP contribution in [0.5, 0.6) is 5.75 Å². The molecule has 1 heterocycles. The van der Waals surface area contributed by atoms with E-state index in [4.69, 9.17) is 4.42 Å². The van der Waals surface area contributed by atoms with E-state index in [1.54, 1.807) is 18.6 Å². The minimum atomic E-state index is 0.316. The molecule has 1 aromatic heterocycles. The van der Waals surface area contributed by atoms with Gasteiger partial charge in [-0.15, -0.1) is 0 Å². The lowest BCUT2D eigenvalue weighted by Gasteiger charge is -2.03. The van der Waals surface area contributed by atoms with Gasteiger partial charge in [-0.2, -0.15) is 0 Å². The summed E-state index contributed by atoms with van der Waals surface area (Å²) in [6, 6.07) is 13.4. The molecule has 0 saturated heterocycles. The summed E-state index contributed by atoms with van der Waals surface area (Å²) in [7, 11) is 0. The lowest BCUT2D eigenvalue weighted by molar-refractivity contribution is 0.481. The Labute approximate surface area is 92.8 Å². The molecule has 3 rings (SSSR count). The minimum absolute atomic E-state index is 0.316. The van der Waals surface area contributed by atoms with Crippen molar-refractivity contribution < 1.29 is 9.52 Å². The summed E-state index contributed by atoms with van der Waals surface area (Å²) >= 11 is 0. The molecule has 0 atom stereocenters. The first-order valence-electron chi connectivity index (χ1n) is 5.09. The van der Waals surface area contributed by atoms with Gasteiger partial charge in [0.25, 0.3) is 0 Å². The number of phenols is 1. The molecule has 2 heteroatoms. The summed E-state index contributed by atoms with van der Waals surface area (Å²) in [6.07, 6.45) is 3.37. The second-order valence-electron chi connectivity index (χ2n) is 3.73. The quantitative estimate of drug-likeness (QED) is 0.662. The van der Waals surface area contributed by atoms with Crippen LogP contribution in [0.2, 0.25) is 0 Å². The second kappa shape index (κ2) is 3.42. The molecule has 0 spiro atoms. The minimum Gasteiger partial charge on any atom is -0.507 e. The predicted molar refractivity (Wildman–Crippen MR) is 63.3 cm³/mol. The number of furan rings is 1. The third kappa shape index (κ3) is 1.36. The van der Waals surface area contributed by atoms with Crippen LogP contribution < -0.4 is 0 Å². The highest BCUT2D eigenvalue weighted by Crippen LogP contribution is 2.29. The van der Waals surface area contributed by atoms with Crippen molar-refractivity contribution in [3.05, 3.63) is 55.0 Å². The van der Waals surface area contributed by atoms with E-state index >= 15 is 0 Å². The molecule has 1 N–H and O–H groups in total. The Morgan fingerprint density at radius 2 is 1.88 bits per heavy atom. The largest absolute Gasteiger partial charge is 0.507 e. The van der Waals surface area contributed by atoms with Crippen LogP contribution in [0, 0.1) is 0 Å². The number of aromatic hydroxyl groups is 1. The van der Waals surface area contributed by atoms with Crippen molar-refractivity contribution in [2.75, 3.05) is 0 Å². The fourth-order valence-corrected chi connectivity index (χ4v) is 1.87. The average Bonchev–Trinajstić information content (AvgIpc) is 2.82. The van der Waals surface area contributed by atoms with Gasteiger partial charge in [0.1, 0.15) is 5.75 Å². The van der Waals surface area contributed by atoms with E-state index in [0.29, 0.717) is 5.75 Å². The summed E-state index contributed by atoms with van der Waals surface area (Å²) in [5.74, 6) is 0.316. The number of rotatable bonds is 1. The third-order valence-corrected chi connectivity index (χ3v) is 2.71. The molecule has 0 radical (unpaired) electrons. The zero-order valence-corrected chi connectivity index (χ0v) is 8.55. The van der Waals surface area contributed by atoms with Crippen LogP contribution in [-0.2, 0) is 0 Å². The van der Waals surface area contributed by atoms with Crippen molar-refractivity contribution in [2.24, 2.45) is 0 Å². The summed E-state index contributed by atoms with van der Waals surface area (Å²) in [5, 5.41) is 11.6. The third-order valence-electron chi connectivity index (χ3n) is 2.71. The molecule has 0 bridgehead atoms. The molecule has 0 saturated carbocycles. The fourth-order valence-electron chi connectivity index (χ4n) is 1.87. The van der Waals surface area contributed by atoms with Gasteiger partial charge in [-0.1, -0.05) is 24.3 Å². The Morgan fingerprint density at radius 3 is 2.69 bits per heavy atom. The van der Waals surface area contributed by atoms with Gasteiger partial charge in [0.15, 0.2) is 0 Å².